The lowest BCUT2D eigenvalue weighted by atomic mass is 10.1. The van der Waals surface area contributed by atoms with Gasteiger partial charge in [0.05, 0.1) is 0 Å². The zero-order valence-electron chi connectivity index (χ0n) is 15.3. The van der Waals surface area contributed by atoms with Crippen LogP contribution in [0.3, 0.4) is 0 Å². The molecule has 0 saturated heterocycles. The maximum Gasteiger partial charge on any atom is 0.227 e. The van der Waals surface area contributed by atoms with E-state index in [2.05, 4.69) is 20.4 Å². The maximum absolute atomic E-state index is 12.2. The number of carbonyl (C=O) groups is 1. The minimum atomic E-state index is -0.142. The van der Waals surface area contributed by atoms with E-state index in [9.17, 15) is 4.79 Å². The van der Waals surface area contributed by atoms with Crippen molar-refractivity contribution < 1.29 is 9.32 Å². The zero-order valence-corrected chi connectivity index (χ0v) is 16.9. The molecule has 0 aliphatic carbocycles. The van der Waals surface area contributed by atoms with Crippen molar-refractivity contribution in [1.29, 1.82) is 0 Å². The van der Waals surface area contributed by atoms with Crippen molar-refractivity contribution >= 4 is 34.0 Å². The first-order valence-corrected chi connectivity index (χ1v) is 10.2. The van der Waals surface area contributed by atoms with E-state index in [1.165, 1.54) is 11.3 Å². The number of anilines is 1. The average Bonchev–Trinajstić information content (AvgIpc) is 3.38. The van der Waals surface area contributed by atoms with Gasteiger partial charge >= 0.3 is 0 Å². The lowest BCUT2D eigenvalue weighted by Crippen LogP contribution is -2.12. The van der Waals surface area contributed by atoms with Gasteiger partial charge in [0.1, 0.15) is 0 Å². The van der Waals surface area contributed by atoms with Gasteiger partial charge in [-0.05, 0) is 17.7 Å². The quantitative estimate of drug-likeness (QED) is 0.451. The normalized spacial score (nSPS) is 10.8. The van der Waals surface area contributed by atoms with Crippen LogP contribution in [0.4, 0.5) is 5.13 Å². The van der Waals surface area contributed by atoms with Crippen LogP contribution in [0.25, 0.3) is 11.4 Å². The van der Waals surface area contributed by atoms with Crippen LogP contribution < -0.4 is 5.32 Å². The lowest BCUT2D eigenvalue weighted by molar-refractivity contribution is -0.116. The number of hydrogen-bond donors (Lipinski definition) is 1. The summed E-state index contributed by atoms with van der Waals surface area (Å²) in [5.41, 5.74) is 2.02. The molecule has 1 N–H and O–H groups in total. The molecule has 2 aromatic heterocycles. The van der Waals surface area contributed by atoms with Gasteiger partial charge in [-0.15, -0.1) is 11.3 Å². The van der Waals surface area contributed by atoms with Crippen molar-refractivity contribution in [2.45, 2.75) is 19.3 Å². The van der Waals surface area contributed by atoms with E-state index in [4.69, 9.17) is 16.1 Å². The molecule has 0 aliphatic rings. The molecule has 0 unspecified atom stereocenters. The van der Waals surface area contributed by atoms with Gasteiger partial charge in [0.25, 0.3) is 0 Å². The number of halogens is 1. The van der Waals surface area contributed by atoms with Crippen molar-refractivity contribution in [1.82, 2.24) is 15.1 Å². The van der Waals surface area contributed by atoms with Crippen molar-refractivity contribution in [2.75, 3.05) is 5.32 Å². The molecule has 0 atom stereocenters. The minimum absolute atomic E-state index is 0.142. The van der Waals surface area contributed by atoms with Gasteiger partial charge in [0.2, 0.25) is 17.6 Å². The molecule has 0 saturated carbocycles. The third-order valence-electron chi connectivity index (χ3n) is 4.16. The molecule has 2 aromatic carbocycles. The second-order valence-corrected chi connectivity index (χ2v) is 7.91. The molecule has 8 heteroatoms. The molecule has 4 rings (SSSR count). The van der Waals surface area contributed by atoms with E-state index in [0.29, 0.717) is 28.3 Å². The van der Waals surface area contributed by atoms with Gasteiger partial charge in [0.15, 0.2) is 5.13 Å². The average molecular weight is 425 g/mol. The number of nitrogens with one attached hydrogen (secondary N) is 1. The molecule has 146 valence electrons. The number of hydrogen-bond acceptors (Lipinski definition) is 6. The van der Waals surface area contributed by atoms with Crippen LogP contribution in [-0.4, -0.2) is 21.0 Å². The molecule has 0 spiro atoms. The van der Waals surface area contributed by atoms with Gasteiger partial charge < -0.3 is 9.84 Å². The summed E-state index contributed by atoms with van der Waals surface area (Å²) in [7, 11) is 0. The van der Waals surface area contributed by atoms with Crippen LogP contribution in [0.1, 0.15) is 22.8 Å². The highest BCUT2D eigenvalue weighted by atomic mass is 35.5. The highest BCUT2D eigenvalue weighted by Crippen LogP contribution is 2.22. The molecule has 2 heterocycles. The summed E-state index contributed by atoms with van der Waals surface area (Å²) in [5, 5.41) is 8.07. The largest absolute Gasteiger partial charge is 0.339 e. The van der Waals surface area contributed by atoms with Gasteiger partial charge in [0, 0.05) is 40.9 Å². The topological polar surface area (TPSA) is 80.9 Å². The predicted molar refractivity (Wildman–Crippen MR) is 113 cm³/mol. The first-order valence-electron chi connectivity index (χ1n) is 9.03. The number of amides is 1. The SMILES string of the molecule is O=C(CCc1nc(-c2ccccc2)no1)Nc1ncc(Cc2ccc(Cl)cc2)s1. The van der Waals surface area contributed by atoms with E-state index in [1.807, 2.05) is 54.6 Å². The Hall–Kier alpha value is -3.03. The summed E-state index contributed by atoms with van der Waals surface area (Å²) in [5.74, 6) is 0.811. The van der Waals surface area contributed by atoms with Crippen molar-refractivity contribution in [3.63, 3.8) is 0 Å². The Bertz CT molecular complexity index is 1090. The summed E-state index contributed by atoms with van der Waals surface area (Å²) in [6, 6.07) is 17.2. The highest BCUT2D eigenvalue weighted by molar-refractivity contribution is 7.15. The molecule has 4 aromatic rings. The molecular weight excluding hydrogens is 408 g/mol. The number of aryl methyl sites for hydroxylation is 1. The first kappa shape index (κ1) is 19.3. The number of rotatable bonds is 7. The van der Waals surface area contributed by atoms with Gasteiger partial charge in [-0.2, -0.15) is 4.98 Å². The maximum atomic E-state index is 12.2. The second-order valence-electron chi connectivity index (χ2n) is 6.36. The van der Waals surface area contributed by atoms with Crippen LogP contribution in [0.5, 0.6) is 0 Å². The Labute approximate surface area is 176 Å². The van der Waals surface area contributed by atoms with Gasteiger partial charge in [-0.25, -0.2) is 4.98 Å². The van der Waals surface area contributed by atoms with Crippen molar-refractivity contribution in [3.8, 4) is 11.4 Å². The minimum Gasteiger partial charge on any atom is -0.339 e. The van der Waals surface area contributed by atoms with Crippen LogP contribution in [0.15, 0.2) is 65.3 Å². The molecule has 0 aliphatic heterocycles. The number of thiazole rings is 1. The fourth-order valence-corrected chi connectivity index (χ4v) is 3.70. The molecule has 0 radical (unpaired) electrons. The number of aromatic nitrogens is 3. The second kappa shape index (κ2) is 8.98. The molecular formula is C21H17ClN4O2S. The summed E-state index contributed by atoms with van der Waals surface area (Å²) in [6.45, 7) is 0. The van der Waals surface area contributed by atoms with E-state index >= 15 is 0 Å². The predicted octanol–water partition coefficient (Wildman–Crippen LogP) is 5.01. The number of nitrogens with zero attached hydrogens (tertiary/aromatic N) is 3. The molecule has 0 fully saturated rings. The number of carbonyl (C=O) groups excluding carboxylic acids is 1. The van der Waals surface area contributed by atoms with E-state index in [-0.39, 0.29) is 12.3 Å². The Kier molecular flexibility index (Phi) is 5.97. The summed E-state index contributed by atoms with van der Waals surface area (Å²) < 4.78 is 5.24. The fourth-order valence-electron chi connectivity index (χ4n) is 2.71. The van der Waals surface area contributed by atoms with E-state index in [1.54, 1.807) is 6.20 Å². The van der Waals surface area contributed by atoms with E-state index in [0.717, 1.165) is 22.4 Å². The number of benzene rings is 2. The Balaban J connectivity index is 1.28. The Morgan fingerprint density at radius 1 is 1.10 bits per heavy atom. The molecule has 6 nitrogen and oxygen atoms in total. The van der Waals surface area contributed by atoms with Gasteiger partial charge in [-0.1, -0.05) is 59.2 Å². The Morgan fingerprint density at radius 3 is 2.69 bits per heavy atom. The molecule has 0 bridgehead atoms. The summed E-state index contributed by atoms with van der Waals surface area (Å²) >= 11 is 7.37. The molecule has 29 heavy (non-hydrogen) atoms. The van der Waals surface area contributed by atoms with Crippen molar-refractivity contribution in [2.24, 2.45) is 0 Å². The van der Waals surface area contributed by atoms with Crippen LogP contribution in [0, 0.1) is 0 Å². The van der Waals surface area contributed by atoms with Gasteiger partial charge in [-0.3, -0.25) is 4.79 Å². The Morgan fingerprint density at radius 2 is 1.90 bits per heavy atom. The zero-order chi connectivity index (χ0) is 20.1. The van der Waals surface area contributed by atoms with Crippen LogP contribution in [0.2, 0.25) is 5.02 Å². The summed E-state index contributed by atoms with van der Waals surface area (Å²) in [6.07, 6.45) is 3.13. The van der Waals surface area contributed by atoms with E-state index < -0.39 is 0 Å². The third kappa shape index (κ3) is 5.28. The van der Waals surface area contributed by atoms with Crippen LogP contribution in [-0.2, 0) is 17.6 Å². The third-order valence-corrected chi connectivity index (χ3v) is 5.32. The standard InChI is InChI=1S/C21H17ClN4O2S/c22-16-8-6-14(7-9-16)12-17-13-23-21(29-17)24-18(27)10-11-19-25-20(26-28-19)15-4-2-1-3-5-15/h1-9,13H,10-12H2,(H,23,24,27). The smallest absolute Gasteiger partial charge is 0.227 e. The molecule has 1 amide bonds. The summed E-state index contributed by atoms with van der Waals surface area (Å²) in [4.78, 5) is 21.9. The fraction of sp³-hybridized carbons (Fsp3) is 0.143. The lowest BCUT2D eigenvalue weighted by Gasteiger charge is -2.00. The van der Waals surface area contributed by atoms with Crippen molar-refractivity contribution in [3.05, 3.63) is 82.1 Å². The first-order chi connectivity index (χ1) is 14.2. The monoisotopic (exact) mass is 424 g/mol. The highest BCUT2D eigenvalue weighted by Gasteiger charge is 2.12. The van der Waals surface area contributed by atoms with Crippen LogP contribution >= 0.6 is 22.9 Å².